The fourth-order valence-electron chi connectivity index (χ4n) is 1.15. The number of carbonyl (C=O) groups is 1. The van der Waals surface area contributed by atoms with Gasteiger partial charge in [-0.2, -0.15) is 0 Å². The number of nitrogens with zero attached hydrogens (tertiary/aromatic N) is 1. The van der Waals surface area contributed by atoms with Gasteiger partial charge in [-0.1, -0.05) is 13.3 Å². The third-order valence-corrected chi connectivity index (χ3v) is 2.05. The summed E-state index contributed by atoms with van der Waals surface area (Å²) in [5, 5.41) is 5.66. The lowest BCUT2D eigenvalue weighted by atomic mass is 10.3. The fourth-order valence-corrected chi connectivity index (χ4v) is 1.15. The predicted molar refractivity (Wildman–Crippen MR) is 66.6 cm³/mol. The van der Waals surface area contributed by atoms with Crippen molar-refractivity contribution in [1.29, 1.82) is 0 Å². The minimum atomic E-state index is 0. The SMILES string of the molecule is CCCCN(C)CCNC(=O)CNC.Cl. The highest BCUT2D eigenvalue weighted by Crippen LogP contribution is 1.89. The molecule has 0 aliphatic rings. The van der Waals surface area contributed by atoms with Gasteiger partial charge in [0.15, 0.2) is 0 Å². The lowest BCUT2D eigenvalue weighted by Crippen LogP contribution is -2.37. The third kappa shape index (κ3) is 11.6. The Hall–Kier alpha value is -0.320. The number of rotatable bonds is 8. The van der Waals surface area contributed by atoms with E-state index in [2.05, 4.69) is 29.5 Å². The predicted octanol–water partition coefficient (Wildman–Crippen LogP) is 0.476. The van der Waals surface area contributed by atoms with Crippen molar-refractivity contribution in [2.24, 2.45) is 0 Å². The van der Waals surface area contributed by atoms with Crippen molar-refractivity contribution in [1.82, 2.24) is 15.5 Å². The molecule has 0 spiro atoms. The van der Waals surface area contributed by atoms with Gasteiger partial charge in [0.1, 0.15) is 0 Å². The number of nitrogens with one attached hydrogen (secondary N) is 2. The molecule has 92 valence electrons. The van der Waals surface area contributed by atoms with Gasteiger partial charge in [0.25, 0.3) is 0 Å². The molecule has 0 atom stereocenters. The van der Waals surface area contributed by atoms with Crippen LogP contribution in [0.3, 0.4) is 0 Å². The summed E-state index contributed by atoms with van der Waals surface area (Å²) in [6.07, 6.45) is 2.44. The summed E-state index contributed by atoms with van der Waals surface area (Å²) >= 11 is 0. The molecule has 4 nitrogen and oxygen atoms in total. The zero-order valence-electron chi connectivity index (χ0n) is 10.0. The quantitative estimate of drug-likeness (QED) is 0.646. The second-order valence-electron chi connectivity index (χ2n) is 3.54. The van der Waals surface area contributed by atoms with E-state index in [1.807, 2.05) is 0 Å². The largest absolute Gasteiger partial charge is 0.354 e. The first-order valence-electron chi connectivity index (χ1n) is 5.30. The summed E-state index contributed by atoms with van der Waals surface area (Å²) in [7, 11) is 3.85. The van der Waals surface area contributed by atoms with Crippen molar-refractivity contribution in [3.63, 3.8) is 0 Å². The van der Waals surface area contributed by atoms with Gasteiger partial charge in [-0.3, -0.25) is 4.79 Å². The Balaban J connectivity index is 0. The van der Waals surface area contributed by atoms with Gasteiger partial charge in [0.2, 0.25) is 5.91 Å². The summed E-state index contributed by atoms with van der Waals surface area (Å²) in [6.45, 7) is 5.36. The van der Waals surface area contributed by atoms with Crippen molar-refractivity contribution in [3.05, 3.63) is 0 Å². The maximum absolute atomic E-state index is 11.0. The lowest BCUT2D eigenvalue weighted by molar-refractivity contribution is -0.120. The van der Waals surface area contributed by atoms with Crippen LogP contribution < -0.4 is 10.6 Å². The number of unbranched alkanes of at least 4 members (excludes halogenated alkanes) is 1. The first-order valence-corrected chi connectivity index (χ1v) is 5.30. The van der Waals surface area contributed by atoms with Crippen LogP contribution in [-0.2, 0) is 4.79 Å². The molecule has 0 rings (SSSR count). The van der Waals surface area contributed by atoms with Crippen LogP contribution >= 0.6 is 12.4 Å². The van der Waals surface area contributed by atoms with E-state index in [4.69, 9.17) is 0 Å². The monoisotopic (exact) mass is 237 g/mol. The highest BCUT2D eigenvalue weighted by atomic mass is 35.5. The first kappa shape index (κ1) is 17.1. The average Bonchev–Trinajstić information content (AvgIpc) is 2.15. The molecule has 0 fully saturated rings. The Bertz CT molecular complexity index is 156. The number of halogens is 1. The van der Waals surface area contributed by atoms with Crippen LogP contribution in [0.4, 0.5) is 0 Å². The second kappa shape index (κ2) is 11.8. The Labute approximate surface area is 99.2 Å². The zero-order chi connectivity index (χ0) is 10.8. The third-order valence-electron chi connectivity index (χ3n) is 2.05. The van der Waals surface area contributed by atoms with Gasteiger partial charge >= 0.3 is 0 Å². The molecule has 0 aliphatic heterocycles. The standard InChI is InChI=1S/C10H23N3O.ClH/c1-4-5-7-13(3)8-6-12-10(14)9-11-2;/h11H,4-9H2,1-3H3,(H,12,14);1H. The lowest BCUT2D eigenvalue weighted by Gasteiger charge is -2.16. The van der Waals surface area contributed by atoms with Crippen LogP contribution in [0.2, 0.25) is 0 Å². The van der Waals surface area contributed by atoms with Crippen LogP contribution in [0, 0.1) is 0 Å². The molecule has 15 heavy (non-hydrogen) atoms. The van der Waals surface area contributed by atoms with E-state index in [1.54, 1.807) is 7.05 Å². The number of hydrogen-bond acceptors (Lipinski definition) is 3. The molecule has 0 aromatic rings. The minimum Gasteiger partial charge on any atom is -0.354 e. The van der Waals surface area contributed by atoms with Crippen LogP contribution in [-0.4, -0.2) is 51.1 Å². The molecule has 0 unspecified atom stereocenters. The molecule has 0 bridgehead atoms. The van der Waals surface area contributed by atoms with Crippen LogP contribution in [0.1, 0.15) is 19.8 Å². The van der Waals surface area contributed by atoms with Crippen molar-refractivity contribution < 1.29 is 4.79 Å². The molecule has 1 amide bonds. The second-order valence-corrected chi connectivity index (χ2v) is 3.54. The van der Waals surface area contributed by atoms with E-state index >= 15 is 0 Å². The molecule has 0 saturated heterocycles. The molecule has 0 saturated carbocycles. The number of hydrogen-bond donors (Lipinski definition) is 2. The van der Waals surface area contributed by atoms with Gasteiger partial charge < -0.3 is 15.5 Å². The topological polar surface area (TPSA) is 44.4 Å². The van der Waals surface area contributed by atoms with Crippen molar-refractivity contribution in [2.45, 2.75) is 19.8 Å². The van der Waals surface area contributed by atoms with Gasteiger partial charge in [0.05, 0.1) is 6.54 Å². The Kier molecular flexibility index (Phi) is 13.4. The summed E-state index contributed by atoms with van der Waals surface area (Å²) in [5.41, 5.74) is 0. The fraction of sp³-hybridized carbons (Fsp3) is 0.900. The molecule has 5 heteroatoms. The summed E-state index contributed by atoms with van der Waals surface area (Å²) in [6, 6.07) is 0. The van der Waals surface area contributed by atoms with E-state index in [9.17, 15) is 4.79 Å². The van der Waals surface area contributed by atoms with Gasteiger partial charge in [-0.15, -0.1) is 12.4 Å². The highest BCUT2D eigenvalue weighted by molar-refractivity contribution is 5.85. The number of carbonyl (C=O) groups excluding carboxylic acids is 1. The molecule has 0 heterocycles. The molecular formula is C10H24ClN3O. The Morgan fingerprint density at radius 2 is 2.00 bits per heavy atom. The van der Waals surface area contributed by atoms with Crippen molar-refractivity contribution in [2.75, 3.05) is 40.3 Å². The van der Waals surface area contributed by atoms with Crippen LogP contribution in [0.5, 0.6) is 0 Å². The van der Waals surface area contributed by atoms with Crippen molar-refractivity contribution in [3.8, 4) is 0 Å². The normalized spacial score (nSPS) is 9.87. The molecular weight excluding hydrogens is 214 g/mol. The highest BCUT2D eigenvalue weighted by Gasteiger charge is 1.99. The Morgan fingerprint density at radius 1 is 1.33 bits per heavy atom. The molecule has 0 aromatic heterocycles. The number of likely N-dealkylation sites (N-methyl/N-ethyl adjacent to an activating group) is 2. The molecule has 0 radical (unpaired) electrons. The molecule has 0 aliphatic carbocycles. The van der Waals surface area contributed by atoms with Gasteiger partial charge in [-0.05, 0) is 27.1 Å². The molecule has 0 aromatic carbocycles. The van der Waals surface area contributed by atoms with E-state index < -0.39 is 0 Å². The number of amides is 1. The molecule has 2 N–H and O–H groups in total. The minimum absolute atomic E-state index is 0. The van der Waals surface area contributed by atoms with Gasteiger partial charge in [-0.25, -0.2) is 0 Å². The summed E-state index contributed by atoms with van der Waals surface area (Å²) < 4.78 is 0. The summed E-state index contributed by atoms with van der Waals surface area (Å²) in [4.78, 5) is 13.3. The van der Waals surface area contributed by atoms with Crippen LogP contribution in [0.25, 0.3) is 0 Å². The summed E-state index contributed by atoms with van der Waals surface area (Å²) in [5.74, 6) is 0.0661. The van der Waals surface area contributed by atoms with E-state index in [-0.39, 0.29) is 18.3 Å². The smallest absolute Gasteiger partial charge is 0.233 e. The van der Waals surface area contributed by atoms with Crippen molar-refractivity contribution >= 4 is 18.3 Å². The van der Waals surface area contributed by atoms with E-state index in [1.165, 1.54) is 12.8 Å². The maximum atomic E-state index is 11.0. The van der Waals surface area contributed by atoms with Gasteiger partial charge in [0, 0.05) is 13.1 Å². The van der Waals surface area contributed by atoms with E-state index in [0.717, 1.165) is 19.6 Å². The average molecular weight is 238 g/mol. The van der Waals surface area contributed by atoms with Crippen LogP contribution in [0.15, 0.2) is 0 Å². The zero-order valence-corrected chi connectivity index (χ0v) is 10.8. The Morgan fingerprint density at radius 3 is 2.53 bits per heavy atom. The maximum Gasteiger partial charge on any atom is 0.233 e. The first-order chi connectivity index (χ1) is 6.70. The van der Waals surface area contributed by atoms with E-state index in [0.29, 0.717) is 6.54 Å².